The van der Waals surface area contributed by atoms with Crippen LogP contribution in [0.25, 0.3) is 10.9 Å². The summed E-state index contributed by atoms with van der Waals surface area (Å²) in [6.45, 7) is 0. The average Bonchev–Trinajstić information content (AvgIpc) is 2.77. The standard InChI is InChI=1S/C15H14N4O3/c1-18-12-8-4-2-6-10(12)14(15(18)20)17-16-11-7-3-5-9-13(11)19(21)22/h2-9,16-17,20H,1H3/p-1. The van der Waals surface area contributed by atoms with Crippen LogP contribution in [-0.4, -0.2) is 9.49 Å². The first-order chi connectivity index (χ1) is 10.6. The second-order valence-electron chi connectivity index (χ2n) is 4.78. The Hall–Kier alpha value is -3.22. The van der Waals surface area contributed by atoms with Gasteiger partial charge in [-0.3, -0.25) is 21.0 Å². The van der Waals surface area contributed by atoms with E-state index in [0.29, 0.717) is 11.4 Å². The minimum absolute atomic E-state index is 0.0670. The largest absolute Gasteiger partial charge is 0.859 e. The van der Waals surface area contributed by atoms with Crippen LogP contribution in [0.1, 0.15) is 0 Å². The first-order valence-electron chi connectivity index (χ1n) is 6.59. The second kappa shape index (κ2) is 5.28. The number of benzene rings is 2. The van der Waals surface area contributed by atoms with E-state index in [2.05, 4.69) is 10.9 Å². The minimum Gasteiger partial charge on any atom is -0.859 e. The molecule has 2 N–H and O–H groups in total. The smallest absolute Gasteiger partial charge is 0.294 e. The van der Waals surface area contributed by atoms with E-state index < -0.39 is 4.92 Å². The van der Waals surface area contributed by atoms with E-state index in [4.69, 9.17) is 0 Å². The number of para-hydroxylation sites is 3. The van der Waals surface area contributed by atoms with Crippen LogP contribution in [0.3, 0.4) is 0 Å². The summed E-state index contributed by atoms with van der Waals surface area (Å²) in [4.78, 5) is 10.5. The number of nitrogens with zero attached hydrogens (tertiary/aromatic N) is 2. The summed E-state index contributed by atoms with van der Waals surface area (Å²) < 4.78 is 1.53. The molecule has 0 atom stereocenters. The Bertz CT molecular complexity index is 857. The van der Waals surface area contributed by atoms with Crippen molar-refractivity contribution in [2.45, 2.75) is 0 Å². The number of hydrogen-bond donors (Lipinski definition) is 2. The lowest BCUT2D eigenvalue weighted by Gasteiger charge is -2.14. The third-order valence-electron chi connectivity index (χ3n) is 3.48. The Morgan fingerprint density at radius 3 is 2.50 bits per heavy atom. The van der Waals surface area contributed by atoms with Crippen molar-refractivity contribution in [2.24, 2.45) is 7.05 Å². The molecule has 0 bridgehead atoms. The van der Waals surface area contributed by atoms with Crippen LogP contribution in [0.5, 0.6) is 5.88 Å². The molecule has 1 aromatic heterocycles. The van der Waals surface area contributed by atoms with Crippen molar-refractivity contribution in [1.29, 1.82) is 0 Å². The number of hydrogen-bond acceptors (Lipinski definition) is 5. The van der Waals surface area contributed by atoms with Crippen LogP contribution >= 0.6 is 0 Å². The molecule has 0 amide bonds. The molecule has 2 aromatic carbocycles. The zero-order valence-corrected chi connectivity index (χ0v) is 11.7. The molecule has 0 unspecified atom stereocenters. The molecule has 112 valence electrons. The van der Waals surface area contributed by atoms with Crippen LogP contribution in [0.15, 0.2) is 48.5 Å². The molecule has 7 nitrogen and oxygen atoms in total. The number of rotatable bonds is 4. The van der Waals surface area contributed by atoms with Gasteiger partial charge in [0.05, 0.1) is 10.6 Å². The van der Waals surface area contributed by atoms with Gasteiger partial charge in [0.2, 0.25) is 0 Å². The highest BCUT2D eigenvalue weighted by Gasteiger charge is 2.13. The molecule has 22 heavy (non-hydrogen) atoms. The molecule has 1 heterocycles. The number of hydrazine groups is 1. The predicted octanol–water partition coefficient (Wildman–Crippen LogP) is 2.60. The number of nitro benzene ring substituents is 1. The fourth-order valence-corrected chi connectivity index (χ4v) is 2.36. The molecule has 0 saturated carbocycles. The summed E-state index contributed by atoms with van der Waals surface area (Å²) in [5.41, 5.74) is 6.93. The van der Waals surface area contributed by atoms with Gasteiger partial charge < -0.3 is 9.67 Å². The number of nitrogens with one attached hydrogen (secondary N) is 2. The van der Waals surface area contributed by atoms with Crippen LogP contribution in [-0.2, 0) is 7.05 Å². The Morgan fingerprint density at radius 1 is 1.05 bits per heavy atom. The van der Waals surface area contributed by atoms with Gasteiger partial charge in [-0.2, -0.15) is 0 Å². The third kappa shape index (κ3) is 2.18. The first kappa shape index (κ1) is 13.7. The van der Waals surface area contributed by atoms with Gasteiger partial charge >= 0.3 is 0 Å². The molecule has 0 saturated heterocycles. The molecule has 0 spiro atoms. The average molecular weight is 297 g/mol. The van der Waals surface area contributed by atoms with Gasteiger partial charge in [0.1, 0.15) is 5.69 Å². The van der Waals surface area contributed by atoms with Crippen molar-refractivity contribution in [2.75, 3.05) is 10.9 Å². The maximum absolute atomic E-state index is 12.3. The Morgan fingerprint density at radius 2 is 1.73 bits per heavy atom. The third-order valence-corrected chi connectivity index (χ3v) is 3.48. The second-order valence-corrected chi connectivity index (χ2v) is 4.78. The number of aromatic nitrogens is 1. The van der Waals surface area contributed by atoms with E-state index in [9.17, 15) is 15.2 Å². The van der Waals surface area contributed by atoms with Gasteiger partial charge in [-0.15, -0.1) is 0 Å². The zero-order valence-electron chi connectivity index (χ0n) is 11.7. The van der Waals surface area contributed by atoms with Crippen LogP contribution < -0.4 is 16.0 Å². The summed E-state index contributed by atoms with van der Waals surface area (Å²) in [5.74, 6) is -0.202. The summed E-state index contributed by atoms with van der Waals surface area (Å²) >= 11 is 0. The van der Waals surface area contributed by atoms with Crippen molar-refractivity contribution in [1.82, 2.24) is 4.57 Å². The number of aryl methyl sites for hydroxylation is 1. The summed E-state index contributed by atoms with van der Waals surface area (Å²) in [6.07, 6.45) is 0. The molecule has 3 rings (SSSR count). The maximum Gasteiger partial charge on any atom is 0.294 e. The van der Waals surface area contributed by atoms with Crippen LogP contribution in [0, 0.1) is 10.1 Å². The number of fused-ring (bicyclic) bond motifs is 1. The molecule has 7 heteroatoms. The normalized spacial score (nSPS) is 10.6. The Balaban J connectivity index is 1.96. The van der Waals surface area contributed by atoms with Crippen molar-refractivity contribution in [3.8, 4) is 5.88 Å². The summed E-state index contributed by atoms with van der Waals surface area (Å²) in [5, 5.41) is 24.0. The molecule has 0 aliphatic carbocycles. The number of anilines is 2. The monoisotopic (exact) mass is 297 g/mol. The molecular weight excluding hydrogens is 284 g/mol. The summed E-state index contributed by atoms with van der Waals surface area (Å²) in [7, 11) is 1.68. The molecule has 0 aliphatic heterocycles. The van der Waals surface area contributed by atoms with E-state index >= 15 is 0 Å². The maximum atomic E-state index is 12.3. The van der Waals surface area contributed by atoms with Crippen molar-refractivity contribution in [3.63, 3.8) is 0 Å². The van der Waals surface area contributed by atoms with E-state index in [1.54, 1.807) is 25.2 Å². The molecular formula is C15H13N4O3-. The Kier molecular flexibility index (Phi) is 3.30. The van der Waals surface area contributed by atoms with Gasteiger partial charge in [0.15, 0.2) is 0 Å². The highest BCUT2D eigenvalue weighted by atomic mass is 16.6. The highest BCUT2D eigenvalue weighted by Crippen LogP contribution is 2.33. The van der Waals surface area contributed by atoms with E-state index in [-0.39, 0.29) is 11.6 Å². The molecule has 3 aromatic rings. The number of nitro groups is 1. The fourth-order valence-electron chi connectivity index (χ4n) is 2.36. The lowest BCUT2D eigenvalue weighted by Crippen LogP contribution is -2.12. The van der Waals surface area contributed by atoms with E-state index in [1.165, 1.54) is 10.6 Å². The molecule has 0 aliphatic rings. The summed E-state index contributed by atoms with van der Waals surface area (Å²) in [6, 6.07) is 13.6. The first-order valence-corrected chi connectivity index (χ1v) is 6.59. The highest BCUT2D eigenvalue weighted by molar-refractivity contribution is 5.96. The van der Waals surface area contributed by atoms with Gasteiger partial charge in [0.25, 0.3) is 5.69 Å². The quantitative estimate of drug-likeness (QED) is 0.570. The van der Waals surface area contributed by atoms with Crippen molar-refractivity contribution >= 4 is 28.0 Å². The van der Waals surface area contributed by atoms with Gasteiger partial charge in [-0.1, -0.05) is 30.3 Å². The lowest BCUT2D eigenvalue weighted by atomic mass is 10.2. The van der Waals surface area contributed by atoms with Gasteiger partial charge in [-0.25, -0.2) is 0 Å². The van der Waals surface area contributed by atoms with Crippen molar-refractivity contribution < 1.29 is 10.0 Å². The van der Waals surface area contributed by atoms with Crippen LogP contribution in [0.4, 0.5) is 17.1 Å². The lowest BCUT2D eigenvalue weighted by molar-refractivity contribution is -0.383. The minimum atomic E-state index is -0.481. The van der Waals surface area contributed by atoms with E-state index in [0.717, 1.165) is 10.9 Å². The van der Waals surface area contributed by atoms with Crippen LogP contribution in [0.2, 0.25) is 0 Å². The van der Waals surface area contributed by atoms with Gasteiger partial charge in [-0.05, 0) is 18.0 Å². The Labute approximate surface area is 125 Å². The predicted molar refractivity (Wildman–Crippen MR) is 82.7 cm³/mol. The van der Waals surface area contributed by atoms with Gasteiger partial charge in [0, 0.05) is 24.0 Å². The topological polar surface area (TPSA) is 95.2 Å². The molecule has 0 fully saturated rings. The van der Waals surface area contributed by atoms with Crippen molar-refractivity contribution in [3.05, 3.63) is 58.6 Å². The fraction of sp³-hybridized carbons (Fsp3) is 0.0667. The SMILES string of the molecule is Cn1c([O-])c(NNc2ccccc2[N+](=O)[O-])c2ccccc21. The van der Waals surface area contributed by atoms with E-state index in [1.807, 2.05) is 24.3 Å². The zero-order chi connectivity index (χ0) is 15.7. The molecule has 0 radical (unpaired) electrons.